The molecule has 0 aliphatic carbocycles. The van der Waals surface area contributed by atoms with Gasteiger partial charge in [0.25, 0.3) is 5.91 Å². The monoisotopic (exact) mass is 369 g/mol. The number of benzene rings is 2. The molecule has 27 heavy (non-hydrogen) atoms. The Morgan fingerprint density at radius 1 is 0.889 bits per heavy atom. The van der Waals surface area contributed by atoms with Gasteiger partial charge in [0.1, 0.15) is 11.5 Å². The lowest BCUT2D eigenvalue weighted by molar-refractivity contribution is 0.102. The number of rotatable bonds is 11. The number of nitrogens with one attached hydrogen (secondary N) is 1. The predicted molar refractivity (Wildman–Crippen MR) is 111 cm³/mol. The van der Waals surface area contributed by atoms with Crippen LogP contribution in [0.3, 0.4) is 0 Å². The lowest BCUT2D eigenvalue weighted by atomic mass is 10.1. The summed E-state index contributed by atoms with van der Waals surface area (Å²) in [5.41, 5.74) is 1.35. The van der Waals surface area contributed by atoms with Gasteiger partial charge in [-0.2, -0.15) is 0 Å². The van der Waals surface area contributed by atoms with Gasteiger partial charge in [0, 0.05) is 11.3 Å². The molecule has 0 heterocycles. The first-order valence-electron chi connectivity index (χ1n) is 9.85. The number of carbonyl (C=O) groups is 1. The minimum atomic E-state index is -0.138. The molecule has 0 radical (unpaired) electrons. The van der Waals surface area contributed by atoms with Crippen LogP contribution in [0.2, 0.25) is 0 Å². The molecule has 2 aromatic rings. The van der Waals surface area contributed by atoms with Crippen LogP contribution in [0.4, 0.5) is 5.69 Å². The van der Waals surface area contributed by atoms with Gasteiger partial charge in [-0.3, -0.25) is 4.79 Å². The third kappa shape index (κ3) is 7.73. The molecule has 0 fully saturated rings. The van der Waals surface area contributed by atoms with Crippen LogP contribution < -0.4 is 14.8 Å². The molecule has 0 spiro atoms. The van der Waals surface area contributed by atoms with Crippen molar-refractivity contribution in [1.82, 2.24) is 0 Å². The number of unbranched alkanes of at least 4 members (excludes halogenated alkanes) is 2. The van der Waals surface area contributed by atoms with E-state index >= 15 is 0 Å². The maximum absolute atomic E-state index is 12.4. The van der Waals surface area contributed by atoms with Crippen LogP contribution in [-0.2, 0) is 0 Å². The maximum atomic E-state index is 12.4. The van der Waals surface area contributed by atoms with Crippen molar-refractivity contribution in [3.8, 4) is 11.5 Å². The molecule has 0 bridgehead atoms. The number of hydrogen-bond acceptors (Lipinski definition) is 3. The number of ether oxygens (including phenoxy) is 2. The van der Waals surface area contributed by atoms with Crippen molar-refractivity contribution in [2.45, 2.75) is 46.5 Å². The second-order valence-corrected chi connectivity index (χ2v) is 7.09. The molecular formula is C23H31NO3. The van der Waals surface area contributed by atoms with Crippen molar-refractivity contribution in [3.05, 3.63) is 54.1 Å². The Hall–Kier alpha value is -2.49. The molecule has 2 rings (SSSR count). The zero-order valence-corrected chi connectivity index (χ0v) is 16.7. The SMILES string of the molecule is CCCCCOc1ccc(C(=O)Nc2ccc(OCCC(C)C)cc2)cc1. The summed E-state index contributed by atoms with van der Waals surface area (Å²) >= 11 is 0. The van der Waals surface area contributed by atoms with E-state index in [4.69, 9.17) is 9.47 Å². The van der Waals surface area contributed by atoms with E-state index in [1.54, 1.807) is 12.1 Å². The van der Waals surface area contributed by atoms with Gasteiger partial charge in [-0.1, -0.05) is 33.6 Å². The van der Waals surface area contributed by atoms with Crippen LogP contribution in [0.25, 0.3) is 0 Å². The number of carbonyl (C=O) groups excluding carboxylic acids is 1. The smallest absolute Gasteiger partial charge is 0.255 e. The van der Waals surface area contributed by atoms with E-state index in [-0.39, 0.29) is 5.91 Å². The summed E-state index contributed by atoms with van der Waals surface area (Å²) < 4.78 is 11.4. The molecule has 146 valence electrons. The highest BCUT2D eigenvalue weighted by atomic mass is 16.5. The van der Waals surface area contributed by atoms with Crippen LogP contribution in [0.1, 0.15) is 56.8 Å². The number of amides is 1. The highest BCUT2D eigenvalue weighted by molar-refractivity contribution is 6.04. The summed E-state index contributed by atoms with van der Waals surface area (Å²) in [6.07, 6.45) is 4.42. The van der Waals surface area contributed by atoms with Gasteiger partial charge >= 0.3 is 0 Å². The third-order valence-electron chi connectivity index (χ3n) is 4.21. The van der Waals surface area contributed by atoms with Crippen LogP contribution in [0.5, 0.6) is 11.5 Å². The first kappa shape index (κ1) is 20.8. The molecule has 0 aliphatic heterocycles. The summed E-state index contributed by atoms with van der Waals surface area (Å²) in [5.74, 6) is 2.10. The van der Waals surface area contributed by atoms with Gasteiger partial charge in [0.15, 0.2) is 0 Å². The summed E-state index contributed by atoms with van der Waals surface area (Å²) in [4.78, 5) is 12.4. The van der Waals surface area contributed by atoms with Crippen LogP contribution in [0.15, 0.2) is 48.5 Å². The van der Waals surface area contributed by atoms with Crippen LogP contribution >= 0.6 is 0 Å². The van der Waals surface area contributed by atoms with E-state index in [9.17, 15) is 4.79 Å². The molecule has 0 aliphatic rings. The lowest BCUT2D eigenvalue weighted by Gasteiger charge is -2.10. The Bertz CT molecular complexity index is 678. The lowest BCUT2D eigenvalue weighted by Crippen LogP contribution is -2.11. The van der Waals surface area contributed by atoms with Gasteiger partial charge in [-0.15, -0.1) is 0 Å². The molecular weight excluding hydrogens is 338 g/mol. The molecule has 1 N–H and O–H groups in total. The molecule has 0 unspecified atom stereocenters. The van der Waals surface area contributed by atoms with Crippen molar-refractivity contribution in [2.24, 2.45) is 5.92 Å². The molecule has 2 aromatic carbocycles. The Morgan fingerprint density at radius 2 is 1.48 bits per heavy atom. The summed E-state index contributed by atoms with van der Waals surface area (Å²) in [7, 11) is 0. The van der Waals surface area contributed by atoms with Crippen molar-refractivity contribution in [2.75, 3.05) is 18.5 Å². The van der Waals surface area contributed by atoms with Crippen molar-refractivity contribution >= 4 is 11.6 Å². The standard InChI is InChI=1S/C23H31NO3/c1-4-5-6-16-26-21-11-7-19(8-12-21)23(25)24-20-9-13-22(14-10-20)27-17-15-18(2)3/h7-14,18H,4-6,15-17H2,1-3H3,(H,24,25). The fraction of sp³-hybridized carbons (Fsp3) is 0.435. The minimum Gasteiger partial charge on any atom is -0.494 e. The van der Waals surface area contributed by atoms with Crippen molar-refractivity contribution < 1.29 is 14.3 Å². The molecule has 0 aromatic heterocycles. The van der Waals surface area contributed by atoms with Gasteiger partial charge < -0.3 is 14.8 Å². The van der Waals surface area contributed by atoms with Gasteiger partial charge in [-0.05, 0) is 67.3 Å². The van der Waals surface area contributed by atoms with E-state index in [1.165, 1.54) is 12.8 Å². The molecule has 0 atom stereocenters. The second kappa shape index (κ2) is 11.3. The largest absolute Gasteiger partial charge is 0.494 e. The zero-order valence-electron chi connectivity index (χ0n) is 16.7. The Kier molecular flexibility index (Phi) is 8.69. The van der Waals surface area contributed by atoms with Crippen LogP contribution in [-0.4, -0.2) is 19.1 Å². The third-order valence-corrected chi connectivity index (χ3v) is 4.21. The first-order chi connectivity index (χ1) is 13.1. The van der Waals surface area contributed by atoms with Crippen molar-refractivity contribution in [1.29, 1.82) is 0 Å². The predicted octanol–water partition coefficient (Wildman–Crippen LogP) is 5.93. The fourth-order valence-electron chi connectivity index (χ4n) is 2.49. The van der Waals surface area contributed by atoms with Gasteiger partial charge in [-0.25, -0.2) is 0 Å². The highest BCUT2D eigenvalue weighted by Gasteiger charge is 2.07. The maximum Gasteiger partial charge on any atom is 0.255 e. The average Bonchev–Trinajstić information content (AvgIpc) is 2.67. The zero-order chi connectivity index (χ0) is 19.5. The molecule has 4 heteroatoms. The minimum absolute atomic E-state index is 0.138. The van der Waals surface area contributed by atoms with E-state index in [1.807, 2.05) is 36.4 Å². The summed E-state index contributed by atoms with van der Waals surface area (Å²) in [6, 6.07) is 14.7. The average molecular weight is 370 g/mol. The number of anilines is 1. The van der Waals surface area contributed by atoms with E-state index in [0.717, 1.165) is 30.0 Å². The summed E-state index contributed by atoms with van der Waals surface area (Å²) in [5, 5.41) is 2.90. The van der Waals surface area contributed by atoms with Gasteiger partial charge in [0.2, 0.25) is 0 Å². The fourth-order valence-corrected chi connectivity index (χ4v) is 2.49. The molecule has 4 nitrogen and oxygen atoms in total. The van der Waals surface area contributed by atoms with E-state index in [2.05, 4.69) is 26.1 Å². The second-order valence-electron chi connectivity index (χ2n) is 7.09. The molecule has 0 saturated carbocycles. The highest BCUT2D eigenvalue weighted by Crippen LogP contribution is 2.18. The Morgan fingerprint density at radius 3 is 2.07 bits per heavy atom. The van der Waals surface area contributed by atoms with Crippen molar-refractivity contribution in [3.63, 3.8) is 0 Å². The first-order valence-corrected chi connectivity index (χ1v) is 9.85. The van der Waals surface area contributed by atoms with Crippen LogP contribution in [0, 0.1) is 5.92 Å². The Balaban J connectivity index is 1.82. The number of hydrogen-bond donors (Lipinski definition) is 1. The topological polar surface area (TPSA) is 47.6 Å². The molecule has 0 saturated heterocycles. The normalized spacial score (nSPS) is 10.7. The van der Waals surface area contributed by atoms with E-state index < -0.39 is 0 Å². The van der Waals surface area contributed by atoms with Gasteiger partial charge in [0.05, 0.1) is 13.2 Å². The molecule has 1 amide bonds. The summed E-state index contributed by atoms with van der Waals surface area (Å²) in [6.45, 7) is 7.93. The quantitative estimate of drug-likeness (QED) is 0.499. The van der Waals surface area contributed by atoms with E-state index in [0.29, 0.717) is 24.7 Å². The Labute approximate surface area is 162 Å².